The van der Waals surface area contributed by atoms with Crippen molar-refractivity contribution in [3.63, 3.8) is 0 Å². The molecule has 2 aromatic heterocycles. The highest BCUT2D eigenvalue weighted by Crippen LogP contribution is 2.40. The Labute approximate surface area is 201 Å². The summed E-state index contributed by atoms with van der Waals surface area (Å²) in [5.74, 6) is 0.522. The number of carbonyl (C=O) groups is 1. The molecule has 0 aliphatic heterocycles. The number of ether oxygens (including phenoxy) is 2. The number of nitrogens with one attached hydrogen (secondary N) is 1. The van der Waals surface area contributed by atoms with E-state index >= 15 is 0 Å². The minimum atomic E-state index is -4.40. The fourth-order valence-corrected chi connectivity index (χ4v) is 4.89. The van der Waals surface area contributed by atoms with Crippen molar-refractivity contribution in [1.29, 1.82) is 0 Å². The lowest BCUT2D eigenvalue weighted by molar-refractivity contribution is -0.137. The lowest BCUT2D eigenvalue weighted by atomic mass is 9.75. The number of nitrogens with zero attached hydrogens (tertiary/aromatic N) is 2. The first-order valence-corrected chi connectivity index (χ1v) is 11.6. The Morgan fingerprint density at radius 2 is 1.86 bits per heavy atom. The van der Waals surface area contributed by atoms with Gasteiger partial charge in [-0.3, -0.25) is 9.78 Å². The monoisotopic (exact) mass is 487 g/mol. The van der Waals surface area contributed by atoms with E-state index in [1.807, 2.05) is 6.07 Å². The van der Waals surface area contributed by atoms with Crippen LogP contribution in [0, 0.1) is 5.92 Å². The fourth-order valence-electron chi connectivity index (χ4n) is 4.89. The number of hydrogen-bond acceptors (Lipinski definition) is 5. The molecule has 4 rings (SSSR count). The topological polar surface area (TPSA) is 73.3 Å². The summed E-state index contributed by atoms with van der Waals surface area (Å²) in [4.78, 5) is 21.1. The average Bonchev–Trinajstić information content (AvgIpc) is 2.87. The number of rotatable bonds is 7. The molecule has 0 bridgehead atoms. The molecular formula is C26H28F3N3O3. The third-order valence-electron chi connectivity index (χ3n) is 6.75. The number of aromatic nitrogens is 2. The fraction of sp³-hybridized carbons (Fsp3) is 0.423. The van der Waals surface area contributed by atoms with Crippen molar-refractivity contribution in [3.8, 4) is 5.88 Å². The van der Waals surface area contributed by atoms with Crippen LogP contribution in [0.1, 0.15) is 53.1 Å². The maximum atomic E-state index is 13.3. The van der Waals surface area contributed by atoms with Crippen molar-refractivity contribution < 1.29 is 27.4 Å². The molecule has 3 aromatic rings. The van der Waals surface area contributed by atoms with Gasteiger partial charge in [0.25, 0.3) is 5.91 Å². The van der Waals surface area contributed by atoms with Gasteiger partial charge >= 0.3 is 6.18 Å². The molecule has 0 saturated heterocycles. The highest BCUT2D eigenvalue weighted by molar-refractivity contribution is 5.94. The minimum Gasteiger partial charge on any atom is -0.481 e. The predicted octanol–water partition coefficient (Wildman–Crippen LogP) is 5.38. The first kappa shape index (κ1) is 24.9. The van der Waals surface area contributed by atoms with Gasteiger partial charge in [0, 0.05) is 31.0 Å². The molecule has 1 aromatic carbocycles. The van der Waals surface area contributed by atoms with Crippen LogP contribution in [-0.4, -0.2) is 42.7 Å². The van der Waals surface area contributed by atoms with Crippen LogP contribution >= 0.6 is 0 Å². The SMILES string of the molecule is COC[C@@H](NC(=O)c1ccc(OC)nc1)[C@H]1CC[C@@H](c2ccnc3ccc(C(F)(F)F)cc32)CC1. The molecule has 1 amide bonds. The van der Waals surface area contributed by atoms with E-state index in [0.717, 1.165) is 37.3 Å². The Hall–Kier alpha value is -3.20. The number of pyridine rings is 2. The summed E-state index contributed by atoms with van der Waals surface area (Å²) in [7, 11) is 3.11. The molecule has 0 radical (unpaired) electrons. The van der Waals surface area contributed by atoms with Gasteiger partial charge in [-0.05, 0) is 73.4 Å². The van der Waals surface area contributed by atoms with Crippen LogP contribution in [0.4, 0.5) is 13.2 Å². The number of alkyl halides is 3. The zero-order valence-corrected chi connectivity index (χ0v) is 19.6. The van der Waals surface area contributed by atoms with Crippen molar-refractivity contribution in [1.82, 2.24) is 15.3 Å². The largest absolute Gasteiger partial charge is 0.481 e. The van der Waals surface area contributed by atoms with Gasteiger partial charge in [-0.25, -0.2) is 4.98 Å². The van der Waals surface area contributed by atoms with Crippen LogP contribution in [0.5, 0.6) is 5.88 Å². The summed E-state index contributed by atoms with van der Waals surface area (Å²) in [6.07, 6.45) is 1.99. The van der Waals surface area contributed by atoms with Gasteiger partial charge in [-0.15, -0.1) is 0 Å². The Kier molecular flexibility index (Phi) is 7.54. The molecule has 1 aliphatic carbocycles. The quantitative estimate of drug-likeness (QED) is 0.485. The number of benzene rings is 1. The Balaban J connectivity index is 1.46. The van der Waals surface area contributed by atoms with E-state index in [9.17, 15) is 18.0 Å². The molecule has 6 nitrogen and oxygen atoms in total. The number of halogens is 3. The molecular weight excluding hydrogens is 459 g/mol. The number of amides is 1. The predicted molar refractivity (Wildman–Crippen MR) is 125 cm³/mol. The zero-order valence-electron chi connectivity index (χ0n) is 19.6. The summed E-state index contributed by atoms with van der Waals surface area (Å²) in [6, 6.07) is 8.67. The molecule has 2 heterocycles. The summed E-state index contributed by atoms with van der Waals surface area (Å²) >= 11 is 0. The average molecular weight is 488 g/mol. The van der Waals surface area contributed by atoms with Gasteiger partial charge in [0.2, 0.25) is 5.88 Å². The molecule has 35 heavy (non-hydrogen) atoms. The van der Waals surface area contributed by atoms with Crippen molar-refractivity contribution in [2.24, 2.45) is 5.92 Å². The Bertz CT molecular complexity index is 1160. The van der Waals surface area contributed by atoms with E-state index in [4.69, 9.17) is 9.47 Å². The van der Waals surface area contributed by atoms with Crippen LogP contribution in [0.15, 0.2) is 48.8 Å². The summed E-state index contributed by atoms with van der Waals surface area (Å²) < 4.78 is 50.3. The lowest BCUT2D eigenvalue weighted by Gasteiger charge is -2.34. The molecule has 186 valence electrons. The highest BCUT2D eigenvalue weighted by atomic mass is 19.4. The van der Waals surface area contributed by atoms with Gasteiger partial charge in [0.15, 0.2) is 0 Å². The minimum absolute atomic E-state index is 0.130. The number of hydrogen-bond donors (Lipinski definition) is 1. The van der Waals surface area contributed by atoms with Crippen LogP contribution < -0.4 is 10.1 Å². The Morgan fingerprint density at radius 1 is 1.09 bits per heavy atom. The normalized spacial score (nSPS) is 19.3. The van der Waals surface area contributed by atoms with Crippen molar-refractivity contribution >= 4 is 16.8 Å². The summed E-state index contributed by atoms with van der Waals surface area (Å²) in [5, 5.41) is 3.63. The summed E-state index contributed by atoms with van der Waals surface area (Å²) in [5.41, 5.74) is 1.24. The molecule has 0 unspecified atom stereocenters. The van der Waals surface area contributed by atoms with E-state index in [1.165, 1.54) is 25.4 Å². The van der Waals surface area contributed by atoms with Crippen LogP contribution in [0.2, 0.25) is 0 Å². The van der Waals surface area contributed by atoms with Gasteiger partial charge < -0.3 is 14.8 Å². The molecule has 1 fully saturated rings. The molecule has 0 spiro atoms. The van der Waals surface area contributed by atoms with Crippen molar-refractivity contribution in [2.75, 3.05) is 20.8 Å². The standard InChI is InChI=1S/C26H28F3N3O3/c1-34-15-23(32-25(33)18-7-10-24(35-2)31-14-18)17-5-3-16(4-6-17)20-11-12-30-22-9-8-19(13-21(20)22)26(27,28)29/h7-14,16-17,23H,3-6,15H2,1-2H3,(H,32,33)/t16-,17+,23-/m1/s1. The first-order valence-electron chi connectivity index (χ1n) is 11.6. The maximum Gasteiger partial charge on any atom is 0.416 e. The third kappa shape index (κ3) is 5.73. The number of methoxy groups -OCH3 is 2. The van der Waals surface area contributed by atoms with Gasteiger partial charge in [-0.1, -0.05) is 0 Å². The van der Waals surface area contributed by atoms with Gasteiger partial charge in [0.05, 0.1) is 36.4 Å². The van der Waals surface area contributed by atoms with Gasteiger partial charge in [-0.2, -0.15) is 13.2 Å². The summed E-state index contributed by atoms with van der Waals surface area (Å²) in [6.45, 7) is 0.373. The highest BCUT2D eigenvalue weighted by Gasteiger charge is 2.33. The Morgan fingerprint density at radius 3 is 2.49 bits per heavy atom. The van der Waals surface area contributed by atoms with E-state index in [2.05, 4.69) is 15.3 Å². The van der Waals surface area contributed by atoms with Gasteiger partial charge in [0.1, 0.15) is 0 Å². The zero-order chi connectivity index (χ0) is 25.0. The van der Waals surface area contributed by atoms with Crippen LogP contribution in [0.3, 0.4) is 0 Å². The molecule has 1 atom stereocenters. The smallest absolute Gasteiger partial charge is 0.416 e. The number of carbonyl (C=O) groups excluding carboxylic acids is 1. The van der Waals surface area contributed by atoms with Crippen LogP contribution in [-0.2, 0) is 10.9 Å². The molecule has 1 aliphatic rings. The third-order valence-corrected chi connectivity index (χ3v) is 6.75. The second-order valence-electron chi connectivity index (χ2n) is 8.87. The van der Waals surface area contributed by atoms with E-state index in [-0.39, 0.29) is 23.8 Å². The lowest BCUT2D eigenvalue weighted by Crippen LogP contribution is -2.44. The van der Waals surface area contributed by atoms with E-state index < -0.39 is 11.7 Å². The van der Waals surface area contributed by atoms with Crippen LogP contribution in [0.25, 0.3) is 10.9 Å². The van der Waals surface area contributed by atoms with Crippen molar-refractivity contribution in [2.45, 2.75) is 43.8 Å². The van der Waals surface area contributed by atoms with E-state index in [1.54, 1.807) is 25.4 Å². The first-order chi connectivity index (χ1) is 16.8. The second-order valence-corrected chi connectivity index (χ2v) is 8.87. The maximum absolute atomic E-state index is 13.3. The van der Waals surface area contributed by atoms with Crippen molar-refractivity contribution in [3.05, 3.63) is 65.5 Å². The number of fused-ring (bicyclic) bond motifs is 1. The molecule has 9 heteroatoms. The molecule has 1 saturated carbocycles. The second kappa shape index (κ2) is 10.6. The molecule has 1 N–H and O–H groups in total. The van der Waals surface area contributed by atoms with E-state index in [0.29, 0.717) is 29.0 Å².